The lowest BCUT2D eigenvalue weighted by molar-refractivity contribution is -0.129. The fraction of sp³-hybridized carbons (Fsp3) is 0.533. The molecule has 3 heteroatoms. The summed E-state index contributed by atoms with van der Waals surface area (Å²) in [6, 6.07) is 7.63. The van der Waals surface area contributed by atoms with Crippen LogP contribution in [-0.4, -0.2) is 18.9 Å². The summed E-state index contributed by atoms with van der Waals surface area (Å²) in [4.78, 5) is 12.6. The van der Waals surface area contributed by atoms with Crippen LogP contribution in [0.2, 0.25) is 5.02 Å². The van der Waals surface area contributed by atoms with Crippen molar-refractivity contribution < 1.29 is 4.79 Å². The first-order chi connectivity index (χ1) is 8.68. The van der Waals surface area contributed by atoms with Crippen molar-refractivity contribution >= 4 is 17.4 Å². The van der Waals surface area contributed by atoms with Gasteiger partial charge in [0.15, 0.2) is 0 Å². The van der Waals surface area contributed by atoms with E-state index in [1.807, 2.05) is 24.3 Å². The van der Waals surface area contributed by atoms with Crippen LogP contribution < -0.4 is 5.32 Å². The minimum atomic E-state index is -0.183. The number of rotatable bonds is 4. The molecule has 0 saturated carbocycles. The number of nitrogens with one attached hydrogen (secondary N) is 1. The smallest absolute Gasteiger partial charge is 0.144 e. The van der Waals surface area contributed by atoms with E-state index in [0.717, 1.165) is 37.9 Å². The molecule has 18 heavy (non-hydrogen) atoms. The average molecular weight is 266 g/mol. The molecule has 1 aromatic rings. The predicted molar refractivity (Wildman–Crippen MR) is 75.0 cm³/mol. The number of piperidine rings is 1. The van der Waals surface area contributed by atoms with Crippen molar-refractivity contribution in [1.82, 2.24) is 5.32 Å². The first kappa shape index (κ1) is 13.6. The molecule has 2 nitrogen and oxygen atoms in total. The lowest BCUT2D eigenvalue weighted by Gasteiger charge is -2.35. The lowest BCUT2D eigenvalue weighted by Crippen LogP contribution is -2.45. The topological polar surface area (TPSA) is 29.1 Å². The zero-order chi connectivity index (χ0) is 13.0. The summed E-state index contributed by atoms with van der Waals surface area (Å²) in [6.45, 7) is 3.95. The number of halogens is 1. The minimum absolute atomic E-state index is 0.183. The highest BCUT2D eigenvalue weighted by molar-refractivity contribution is 6.31. The van der Waals surface area contributed by atoms with Crippen molar-refractivity contribution in [2.75, 3.05) is 13.1 Å². The Morgan fingerprint density at radius 1 is 1.44 bits per heavy atom. The van der Waals surface area contributed by atoms with Crippen molar-refractivity contribution in [1.29, 1.82) is 0 Å². The van der Waals surface area contributed by atoms with E-state index in [9.17, 15) is 4.79 Å². The Labute approximate surface area is 114 Å². The molecule has 1 atom stereocenters. The van der Waals surface area contributed by atoms with Gasteiger partial charge in [0.25, 0.3) is 0 Å². The van der Waals surface area contributed by atoms with Crippen LogP contribution in [-0.2, 0) is 11.2 Å². The van der Waals surface area contributed by atoms with Gasteiger partial charge in [-0.05, 0) is 37.4 Å². The zero-order valence-electron chi connectivity index (χ0n) is 10.8. The van der Waals surface area contributed by atoms with Crippen LogP contribution in [0, 0.1) is 5.41 Å². The lowest BCUT2D eigenvalue weighted by atomic mass is 9.73. The molecule has 1 aliphatic heterocycles. The summed E-state index contributed by atoms with van der Waals surface area (Å²) in [5.41, 5.74) is 0.764. The monoisotopic (exact) mass is 265 g/mol. The fourth-order valence-electron chi connectivity index (χ4n) is 2.71. The molecular formula is C15H20ClNO. The number of hydrogen-bond donors (Lipinski definition) is 1. The molecule has 1 aromatic carbocycles. The number of hydrogen-bond acceptors (Lipinski definition) is 2. The third-order valence-corrected chi connectivity index (χ3v) is 4.42. The molecule has 0 spiro atoms. The van der Waals surface area contributed by atoms with Gasteiger partial charge in [-0.1, -0.05) is 36.7 Å². The molecule has 0 aromatic heterocycles. The second-order valence-corrected chi connectivity index (χ2v) is 5.51. The van der Waals surface area contributed by atoms with Gasteiger partial charge in [0, 0.05) is 23.4 Å². The molecule has 0 radical (unpaired) electrons. The third-order valence-electron chi connectivity index (χ3n) is 4.05. The van der Waals surface area contributed by atoms with Crippen LogP contribution >= 0.6 is 11.6 Å². The van der Waals surface area contributed by atoms with Crippen LogP contribution in [0.1, 0.15) is 31.7 Å². The van der Waals surface area contributed by atoms with Crippen LogP contribution in [0.15, 0.2) is 24.3 Å². The van der Waals surface area contributed by atoms with Crippen LogP contribution in [0.3, 0.4) is 0 Å². The Hall–Kier alpha value is -0.860. The summed E-state index contributed by atoms with van der Waals surface area (Å²) in [5.74, 6) is 0.324. The molecule has 1 N–H and O–H groups in total. The molecule has 1 fully saturated rings. The molecule has 0 aliphatic carbocycles. The molecule has 0 amide bonds. The highest BCUT2D eigenvalue weighted by atomic mass is 35.5. The normalized spacial score (nSPS) is 23.9. The highest BCUT2D eigenvalue weighted by Gasteiger charge is 2.37. The van der Waals surface area contributed by atoms with Gasteiger partial charge in [0.1, 0.15) is 5.78 Å². The summed E-state index contributed by atoms with van der Waals surface area (Å²) >= 11 is 6.13. The molecule has 2 rings (SSSR count). The Morgan fingerprint density at radius 3 is 2.83 bits per heavy atom. The quantitative estimate of drug-likeness (QED) is 0.906. The van der Waals surface area contributed by atoms with E-state index in [1.54, 1.807) is 0 Å². The number of benzene rings is 1. The standard InChI is InChI=1S/C15H20ClNO/c1-2-15(8-5-9-17-11-15)14(18)10-12-6-3-4-7-13(12)16/h3-4,6-7,17H,2,5,8-11H2,1H3. The molecular weight excluding hydrogens is 246 g/mol. The number of carbonyl (C=O) groups excluding carboxylic acids is 1. The maximum Gasteiger partial charge on any atom is 0.144 e. The van der Waals surface area contributed by atoms with E-state index in [1.165, 1.54) is 0 Å². The summed E-state index contributed by atoms with van der Waals surface area (Å²) < 4.78 is 0. The van der Waals surface area contributed by atoms with Crippen LogP contribution in [0.5, 0.6) is 0 Å². The molecule has 1 saturated heterocycles. The van der Waals surface area contributed by atoms with E-state index in [2.05, 4.69) is 12.2 Å². The second-order valence-electron chi connectivity index (χ2n) is 5.11. The second kappa shape index (κ2) is 5.85. The Balaban J connectivity index is 2.13. The SMILES string of the molecule is CCC1(C(=O)Cc2ccccc2Cl)CCCNC1. The molecule has 1 aliphatic rings. The Kier molecular flexibility index (Phi) is 4.41. The van der Waals surface area contributed by atoms with Gasteiger partial charge in [-0.3, -0.25) is 4.79 Å². The van der Waals surface area contributed by atoms with E-state index >= 15 is 0 Å². The molecule has 98 valence electrons. The summed E-state index contributed by atoms with van der Waals surface area (Å²) in [6.07, 6.45) is 3.44. The summed E-state index contributed by atoms with van der Waals surface area (Å²) in [7, 11) is 0. The van der Waals surface area contributed by atoms with Gasteiger partial charge in [-0.25, -0.2) is 0 Å². The van der Waals surface area contributed by atoms with Crippen molar-refractivity contribution in [2.24, 2.45) is 5.41 Å². The van der Waals surface area contributed by atoms with Crippen molar-refractivity contribution in [3.8, 4) is 0 Å². The van der Waals surface area contributed by atoms with Gasteiger partial charge in [-0.15, -0.1) is 0 Å². The van der Waals surface area contributed by atoms with E-state index in [0.29, 0.717) is 17.2 Å². The van der Waals surface area contributed by atoms with Crippen LogP contribution in [0.4, 0.5) is 0 Å². The third kappa shape index (κ3) is 2.76. The van der Waals surface area contributed by atoms with Gasteiger partial charge >= 0.3 is 0 Å². The van der Waals surface area contributed by atoms with E-state index in [4.69, 9.17) is 11.6 Å². The first-order valence-electron chi connectivity index (χ1n) is 6.65. The van der Waals surface area contributed by atoms with Crippen molar-refractivity contribution in [2.45, 2.75) is 32.6 Å². The Bertz CT molecular complexity index is 424. The van der Waals surface area contributed by atoms with Crippen LogP contribution in [0.25, 0.3) is 0 Å². The summed E-state index contributed by atoms with van der Waals surface area (Å²) in [5, 5.41) is 4.05. The molecule has 0 bridgehead atoms. The van der Waals surface area contributed by atoms with Gasteiger partial charge in [-0.2, -0.15) is 0 Å². The average Bonchev–Trinajstić information content (AvgIpc) is 2.42. The predicted octanol–water partition coefficient (Wildman–Crippen LogP) is 3.23. The van der Waals surface area contributed by atoms with Gasteiger partial charge in [0.2, 0.25) is 0 Å². The Morgan fingerprint density at radius 2 is 2.22 bits per heavy atom. The first-order valence-corrected chi connectivity index (χ1v) is 7.03. The molecule has 1 heterocycles. The van der Waals surface area contributed by atoms with Crippen molar-refractivity contribution in [3.05, 3.63) is 34.9 Å². The van der Waals surface area contributed by atoms with Gasteiger partial charge in [0.05, 0.1) is 0 Å². The fourth-order valence-corrected chi connectivity index (χ4v) is 2.91. The maximum atomic E-state index is 12.6. The van der Waals surface area contributed by atoms with E-state index < -0.39 is 0 Å². The zero-order valence-corrected chi connectivity index (χ0v) is 11.6. The van der Waals surface area contributed by atoms with Gasteiger partial charge < -0.3 is 5.32 Å². The maximum absolute atomic E-state index is 12.6. The minimum Gasteiger partial charge on any atom is -0.316 e. The number of carbonyl (C=O) groups is 1. The van der Waals surface area contributed by atoms with E-state index in [-0.39, 0.29) is 5.41 Å². The molecule has 1 unspecified atom stereocenters. The number of Topliss-reactive ketones (excluding diaryl/α,β-unsaturated/α-hetero) is 1. The largest absolute Gasteiger partial charge is 0.316 e. The highest BCUT2D eigenvalue weighted by Crippen LogP contribution is 2.33. The number of ketones is 1. The van der Waals surface area contributed by atoms with Crippen molar-refractivity contribution in [3.63, 3.8) is 0 Å².